The van der Waals surface area contributed by atoms with Gasteiger partial charge in [0.25, 0.3) is 0 Å². The van der Waals surface area contributed by atoms with E-state index < -0.39 is 41.5 Å². The molecule has 0 radical (unpaired) electrons. The van der Waals surface area contributed by atoms with E-state index in [9.17, 15) is 38.4 Å². The number of para-hydroxylation sites is 2. The minimum atomic E-state index is -0.836. The fraction of sp³-hybridized carbons (Fsp3) is 0.410. The second kappa shape index (κ2) is 27.3. The SMILES string of the molecule is CC(C)C(C)C(=O)CC(CCCNC(N)=O)C(=O)CC(Cc1ccc(N)cc1)C(=O)CC(CCCCn1nnc2c1-c1ccccc1N(C(=O)CCC(=O)CC(Cc1c[nH]c3ccccc13)C(N)=O)Cc1ccccc1-2)C(N)=O. The number of benzene rings is 4. The van der Waals surface area contributed by atoms with Crippen LogP contribution in [0.3, 0.4) is 0 Å². The molecule has 2 aromatic heterocycles. The number of urea groups is 1. The number of Topliss-reactive ketones (excluding diaryl/α,β-unsaturated/α-hetero) is 4. The number of hydrogen-bond donors (Lipinski definition) is 6. The Labute approximate surface area is 460 Å². The summed E-state index contributed by atoms with van der Waals surface area (Å²) >= 11 is 0. The van der Waals surface area contributed by atoms with Crippen LogP contribution in [0.5, 0.6) is 0 Å². The zero-order chi connectivity index (χ0) is 56.8. The standard InChI is InChI=1S/C61H74N10O8/c1-37(2)38(3)53(73)32-40(15-12-27-66-61(65)79)54(74)34-43(29-39-21-23-46(62)24-22-39)55(75)33-41(59(63)77)13-10-11-28-71-58-50-18-7-9-20-52(50)70(36-42-14-4-5-17-49(42)57(58)68-69-71)56(76)26-25-47(72)31-44(60(64)78)30-45-35-67-51-19-8-6-16-48(45)51/h4-9,14,16-24,35,37-38,40-41,43-44,67H,10-13,15,25-34,36,62H2,1-3H3,(H2,63,77)(H2,64,78)(H3,65,66,79). The molecule has 5 unspecified atom stereocenters. The molecule has 6 aromatic rings. The van der Waals surface area contributed by atoms with Crippen molar-refractivity contribution in [3.05, 3.63) is 120 Å². The predicted octanol–water partition coefficient (Wildman–Crippen LogP) is 7.97. The van der Waals surface area contributed by atoms with Crippen molar-refractivity contribution in [1.82, 2.24) is 25.3 Å². The van der Waals surface area contributed by atoms with Crippen molar-refractivity contribution in [2.45, 2.75) is 117 Å². The first-order chi connectivity index (χ1) is 37.9. The number of aromatic nitrogens is 4. The van der Waals surface area contributed by atoms with Crippen LogP contribution in [-0.4, -0.2) is 73.4 Å². The van der Waals surface area contributed by atoms with Gasteiger partial charge in [-0.05, 0) is 85.4 Å². The molecule has 79 heavy (non-hydrogen) atoms. The summed E-state index contributed by atoms with van der Waals surface area (Å²) in [5, 5.41) is 12.8. The molecule has 0 fully saturated rings. The first-order valence-electron chi connectivity index (χ1n) is 27.4. The number of ketones is 4. The number of unbranched alkanes of at least 4 members (excludes halogenated alkanes) is 1. The molecule has 4 aromatic carbocycles. The number of carbonyl (C=O) groups excluding carboxylic acids is 8. The van der Waals surface area contributed by atoms with E-state index in [0.29, 0.717) is 60.6 Å². The number of hydrogen-bond acceptors (Lipinski definition) is 11. The quantitative estimate of drug-likeness (QED) is 0.0186. The number of aromatic amines is 1. The fourth-order valence-electron chi connectivity index (χ4n) is 10.6. The molecule has 0 saturated carbocycles. The zero-order valence-corrected chi connectivity index (χ0v) is 45.5. The van der Waals surface area contributed by atoms with E-state index in [1.165, 1.54) is 0 Å². The number of amides is 5. The van der Waals surface area contributed by atoms with Crippen molar-refractivity contribution >= 4 is 69.2 Å². The van der Waals surface area contributed by atoms with Crippen LogP contribution in [0.15, 0.2) is 103 Å². The Morgan fingerprint density at radius 1 is 0.658 bits per heavy atom. The third-order valence-electron chi connectivity index (χ3n) is 15.5. The van der Waals surface area contributed by atoms with Crippen molar-refractivity contribution in [1.29, 1.82) is 0 Å². The van der Waals surface area contributed by atoms with E-state index >= 15 is 0 Å². The number of anilines is 2. The maximum absolute atomic E-state index is 14.4. The fourth-order valence-corrected chi connectivity index (χ4v) is 10.6. The lowest BCUT2D eigenvalue weighted by Crippen LogP contribution is -2.32. The maximum atomic E-state index is 14.4. The summed E-state index contributed by atoms with van der Waals surface area (Å²) in [5.74, 6) is -5.64. The Kier molecular flexibility index (Phi) is 20.2. The average Bonchev–Trinajstić information content (AvgIpc) is 4.22. The summed E-state index contributed by atoms with van der Waals surface area (Å²) in [6.45, 7) is 6.52. The maximum Gasteiger partial charge on any atom is 0.312 e. The Bertz CT molecular complexity index is 3160. The van der Waals surface area contributed by atoms with Gasteiger partial charge in [0, 0.05) is 115 Å². The van der Waals surface area contributed by atoms with Gasteiger partial charge in [0.15, 0.2) is 0 Å². The van der Waals surface area contributed by atoms with Gasteiger partial charge in [-0.1, -0.05) is 105 Å². The monoisotopic (exact) mass is 1070 g/mol. The average molecular weight is 1080 g/mol. The van der Waals surface area contributed by atoms with Crippen molar-refractivity contribution in [2.24, 2.45) is 52.7 Å². The Hall–Kier alpha value is -8.28. The highest BCUT2D eigenvalue weighted by molar-refractivity contribution is 6.02. The number of nitrogen functional groups attached to an aromatic ring is 1. The molecule has 0 spiro atoms. The van der Waals surface area contributed by atoms with Crippen LogP contribution in [0.2, 0.25) is 0 Å². The Morgan fingerprint density at radius 3 is 2.03 bits per heavy atom. The number of aryl methyl sites for hydroxylation is 1. The molecule has 3 heterocycles. The van der Waals surface area contributed by atoms with E-state index in [-0.39, 0.29) is 112 Å². The summed E-state index contributed by atoms with van der Waals surface area (Å²) < 4.78 is 1.78. The molecule has 18 heteroatoms. The van der Waals surface area contributed by atoms with Crippen LogP contribution in [0, 0.1) is 35.5 Å². The van der Waals surface area contributed by atoms with Crippen LogP contribution in [0.1, 0.15) is 108 Å². The minimum absolute atomic E-state index is 0.00271. The largest absolute Gasteiger partial charge is 0.399 e. The van der Waals surface area contributed by atoms with Crippen molar-refractivity contribution < 1.29 is 38.4 Å². The number of nitrogens with two attached hydrogens (primary N) is 4. The van der Waals surface area contributed by atoms with Gasteiger partial charge < -0.3 is 38.1 Å². The van der Waals surface area contributed by atoms with Crippen molar-refractivity contribution in [3.63, 3.8) is 0 Å². The second-order valence-electron chi connectivity index (χ2n) is 21.5. The van der Waals surface area contributed by atoms with Gasteiger partial charge in [0.1, 0.15) is 28.8 Å². The summed E-state index contributed by atoms with van der Waals surface area (Å²) in [4.78, 5) is 112. The predicted molar refractivity (Wildman–Crippen MR) is 303 cm³/mol. The van der Waals surface area contributed by atoms with E-state index in [4.69, 9.17) is 22.9 Å². The topological polar surface area (TPSA) is 302 Å². The molecule has 1 aliphatic heterocycles. The first-order valence-corrected chi connectivity index (χ1v) is 27.4. The molecular weight excluding hydrogens is 1000 g/mol. The number of nitrogens with zero attached hydrogens (tertiary/aromatic N) is 4. The molecule has 0 aliphatic carbocycles. The third-order valence-corrected chi connectivity index (χ3v) is 15.5. The molecule has 5 atom stereocenters. The molecule has 0 bridgehead atoms. The zero-order valence-electron chi connectivity index (χ0n) is 45.5. The number of fused-ring (bicyclic) bond motifs is 6. The van der Waals surface area contributed by atoms with Crippen molar-refractivity contribution in [3.8, 4) is 22.5 Å². The summed E-state index contributed by atoms with van der Waals surface area (Å²) in [6, 6.07) is 29.2. The van der Waals surface area contributed by atoms with Gasteiger partial charge in [0.2, 0.25) is 17.7 Å². The first kappa shape index (κ1) is 58.4. The molecule has 416 valence electrons. The summed E-state index contributed by atoms with van der Waals surface area (Å²) in [6.07, 6.45) is 3.68. The van der Waals surface area contributed by atoms with Crippen LogP contribution in [0.25, 0.3) is 33.4 Å². The summed E-state index contributed by atoms with van der Waals surface area (Å²) in [7, 11) is 0. The van der Waals surface area contributed by atoms with E-state index in [1.54, 1.807) is 33.8 Å². The van der Waals surface area contributed by atoms with Crippen LogP contribution in [-0.2, 0) is 59.5 Å². The highest BCUT2D eigenvalue weighted by Crippen LogP contribution is 2.42. The lowest BCUT2D eigenvalue weighted by atomic mass is 9.79. The number of nitrogens with one attached hydrogen (secondary N) is 2. The highest BCUT2D eigenvalue weighted by Gasteiger charge is 2.33. The van der Waals surface area contributed by atoms with Crippen LogP contribution >= 0.6 is 0 Å². The number of rotatable bonds is 30. The number of primary amides is 3. The minimum Gasteiger partial charge on any atom is -0.399 e. The van der Waals surface area contributed by atoms with Crippen LogP contribution < -0.4 is 33.2 Å². The van der Waals surface area contributed by atoms with Gasteiger partial charge in [-0.25, -0.2) is 9.48 Å². The lowest BCUT2D eigenvalue weighted by Gasteiger charge is -2.29. The molecule has 1 aliphatic rings. The normalized spacial score (nSPS) is 13.9. The van der Waals surface area contributed by atoms with Crippen molar-refractivity contribution in [2.75, 3.05) is 17.2 Å². The Morgan fingerprint density at radius 2 is 1.30 bits per heavy atom. The summed E-state index contributed by atoms with van der Waals surface area (Å²) in [5.41, 5.74) is 30.4. The van der Waals surface area contributed by atoms with Gasteiger partial charge in [-0.3, -0.25) is 33.6 Å². The van der Waals surface area contributed by atoms with Gasteiger partial charge in [0.05, 0.1) is 17.9 Å². The van der Waals surface area contributed by atoms with E-state index in [1.807, 2.05) is 99.8 Å². The van der Waals surface area contributed by atoms with Gasteiger partial charge >= 0.3 is 6.03 Å². The number of H-pyrrole nitrogens is 1. The molecule has 10 N–H and O–H groups in total. The smallest absolute Gasteiger partial charge is 0.312 e. The van der Waals surface area contributed by atoms with Gasteiger partial charge in [-0.2, -0.15) is 0 Å². The Balaban J connectivity index is 1.04. The highest BCUT2D eigenvalue weighted by atomic mass is 16.2. The van der Waals surface area contributed by atoms with E-state index in [0.717, 1.165) is 33.2 Å². The molecule has 0 saturated heterocycles. The molecular formula is C61H74N10O8. The van der Waals surface area contributed by atoms with Gasteiger partial charge in [-0.15, -0.1) is 5.10 Å². The van der Waals surface area contributed by atoms with E-state index in [2.05, 4.69) is 20.6 Å². The second-order valence-corrected chi connectivity index (χ2v) is 21.5. The molecule has 18 nitrogen and oxygen atoms in total. The molecule has 5 amide bonds. The lowest BCUT2D eigenvalue weighted by molar-refractivity contribution is -0.134. The van der Waals surface area contributed by atoms with Crippen LogP contribution in [0.4, 0.5) is 16.2 Å². The number of carbonyl (C=O) groups is 8. The third kappa shape index (κ3) is 15.5. The molecule has 7 rings (SSSR count).